The van der Waals surface area contributed by atoms with Gasteiger partial charge in [-0.2, -0.15) is 0 Å². The second-order valence-corrected chi connectivity index (χ2v) is 5.39. The number of nitrogens with zero attached hydrogens (tertiary/aromatic N) is 1. The van der Waals surface area contributed by atoms with Gasteiger partial charge in [-0.1, -0.05) is 31.5 Å². The third-order valence-corrected chi connectivity index (χ3v) is 3.60. The van der Waals surface area contributed by atoms with Crippen molar-refractivity contribution in [2.45, 2.75) is 32.2 Å². The first-order valence-corrected chi connectivity index (χ1v) is 7.40. The van der Waals surface area contributed by atoms with Crippen molar-refractivity contribution in [2.24, 2.45) is 0 Å². The van der Waals surface area contributed by atoms with Crippen molar-refractivity contribution in [3.63, 3.8) is 0 Å². The van der Waals surface area contributed by atoms with Crippen molar-refractivity contribution in [3.8, 4) is 5.75 Å². The van der Waals surface area contributed by atoms with Crippen molar-refractivity contribution >= 4 is 5.91 Å². The zero-order valence-corrected chi connectivity index (χ0v) is 12.4. The van der Waals surface area contributed by atoms with Crippen LogP contribution < -0.4 is 10.1 Å². The molecule has 0 aliphatic carbocycles. The lowest BCUT2D eigenvalue weighted by molar-refractivity contribution is -0.122. The number of nitrogens with one attached hydrogen (secondary N) is 1. The summed E-state index contributed by atoms with van der Waals surface area (Å²) in [6, 6.07) is 8.01. The first-order chi connectivity index (χ1) is 9.70. The maximum Gasteiger partial charge on any atom is 0.234 e. The SMILES string of the molecule is CCCCN(C)CC(=O)NC1CCOc2ccccc21. The topological polar surface area (TPSA) is 41.6 Å². The monoisotopic (exact) mass is 276 g/mol. The molecule has 0 saturated heterocycles. The summed E-state index contributed by atoms with van der Waals surface area (Å²) in [6.07, 6.45) is 3.12. The molecule has 0 fully saturated rings. The largest absolute Gasteiger partial charge is 0.493 e. The van der Waals surface area contributed by atoms with Crippen LogP contribution in [0.25, 0.3) is 0 Å². The van der Waals surface area contributed by atoms with Gasteiger partial charge in [0.1, 0.15) is 5.75 Å². The summed E-state index contributed by atoms with van der Waals surface area (Å²) in [7, 11) is 1.99. The second-order valence-electron chi connectivity index (χ2n) is 5.39. The summed E-state index contributed by atoms with van der Waals surface area (Å²) >= 11 is 0. The van der Waals surface area contributed by atoms with E-state index in [0.717, 1.165) is 37.1 Å². The van der Waals surface area contributed by atoms with Crippen LogP contribution in [-0.2, 0) is 4.79 Å². The molecule has 1 aliphatic rings. The highest BCUT2D eigenvalue weighted by Gasteiger charge is 2.22. The number of fused-ring (bicyclic) bond motifs is 1. The van der Waals surface area contributed by atoms with Gasteiger partial charge in [-0.15, -0.1) is 0 Å². The number of rotatable bonds is 6. The van der Waals surface area contributed by atoms with Crippen molar-refractivity contribution < 1.29 is 9.53 Å². The van der Waals surface area contributed by atoms with Gasteiger partial charge in [0.05, 0.1) is 19.2 Å². The molecule has 1 aliphatic heterocycles. The average molecular weight is 276 g/mol. The van der Waals surface area contributed by atoms with Crippen molar-refractivity contribution in [3.05, 3.63) is 29.8 Å². The number of hydrogen-bond acceptors (Lipinski definition) is 3. The van der Waals surface area contributed by atoms with Gasteiger partial charge in [0, 0.05) is 12.0 Å². The third kappa shape index (κ3) is 3.97. The molecular formula is C16H24N2O2. The number of carbonyl (C=O) groups excluding carboxylic acids is 1. The Bertz CT molecular complexity index is 448. The highest BCUT2D eigenvalue weighted by molar-refractivity contribution is 5.78. The Morgan fingerprint density at radius 2 is 2.25 bits per heavy atom. The van der Waals surface area contributed by atoms with Crippen LogP contribution in [0.5, 0.6) is 5.75 Å². The lowest BCUT2D eigenvalue weighted by Gasteiger charge is -2.27. The van der Waals surface area contributed by atoms with Gasteiger partial charge in [-0.05, 0) is 26.1 Å². The molecule has 4 nitrogen and oxygen atoms in total. The van der Waals surface area contributed by atoms with E-state index in [0.29, 0.717) is 13.2 Å². The molecule has 1 amide bonds. The predicted octanol–water partition coefficient (Wildman–Crippen LogP) is 2.36. The summed E-state index contributed by atoms with van der Waals surface area (Å²) < 4.78 is 5.61. The van der Waals surface area contributed by atoms with E-state index in [2.05, 4.69) is 17.1 Å². The van der Waals surface area contributed by atoms with Gasteiger partial charge >= 0.3 is 0 Å². The molecule has 0 bridgehead atoms. The fourth-order valence-electron chi connectivity index (χ4n) is 2.48. The van der Waals surface area contributed by atoms with E-state index in [1.165, 1.54) is 0 Å². The molecule has 2 rings (SSSR count). The minimum Gasteiger partial charge on any atom is -0.493 e. The van der Waals surface area contributed by atoms with Crippen LogP contribution >= 0.6 is 0 Å². The Morgan fingerprint density at radius 3 is 3.05 bits per heavy atom. The highest BCUT2D eigenvalue weighted by atomic mass is 16.5. The zero-order chi connectivity index (χ0) is 14.4. The number of unbranched alkanes of at least 4 members (excludes halogenated alkanes) is 1. The number of para-hydroxylation sites is 1. The minimum atomic E-state index is 0.0759. The Balaban J connectivity index is 1.89. The second kappa shape index (κ2) is 7.29. The molecule has 0 saturated carbocycles. The molecule has 1 heterocycles. The standard InChI is InChI=1S/C16H24N2O2/c1-3-4-10-18(2)12-16(19)17-14-9-11-20-15-8-6-5-7-13(14)15/h5-8,14H,3-4,9-12H2,1-2H3,(H,17,19). The quantitative estimate of drug-likeness (QED) is 0.867. The highest BCUT2D eigenvalue weighted by Crippen LogP contribution is 2.31. The van der Waals surface area contributed by atoms with E-state index in [1.54, 1.807) is 0 Å². The lowest BCUT2D eigenvalue weighted by Crippen LogP contribution is -2.39. The maximum atomic E-state index is 12.1. The van der Waals surface area contributed by atoms with Gasteiger partial charge in [-0.25, -0.2) is 0 Å². The van der Waals surface area contributed by atoms with Crippen molar-refractivity contribution in [1.82, 2.24) is 10.2 Å². The summed E-state index contributed by atoms with van der Waals surface area (Å²) in [5.41, 5.74) is 1.09. The molecule has 0 radical (unpaired) electrons. The van der Waals surface area contributed by atoms with Crippen LogP contribution in [0.15, 0.2) is 24.3 Å². The molecule has 0 aromatic heterocycles. The molecule has 20 heavy (non-hydrogen) atoms. The normalized spacial score (nSPS) is 17.4. The smallest absolute Gasteiger partial charge is 0.234 e. The lowest BCUT2D eigenvalue weighted by atomic mass is 10.0. The van der Waals surface area contributed by atoms with Crippen LogP contribution in [0.4, 0.5) is 0 Å². The van der Waals surface area contributed by atoms with E-state index in [4.69, 9.17) is 4.74 Å². The molecule has 0 spiro atoms. The molecule has 4 heteroatoms. The van der Waals surface area contributed by atoms with E-state index in [-0.39, 0.29) is 11.9 Å². The van der Waals surface area contributed by atoms with E-state index in [1.807, 2.05) is 31.3 Å². The van der Waals surface area contributed by atoms with Crippen LogP contribution in [0.1, 0.15) is 37.8 Å². The number of carbonyl (C=O) groups is 1. The van der Waals surface area contributed by atoms with Crippen LogP contribution in [0.3, 0.4) is 0 Å². The van der Waals surface area contributed by atoms with E-state index in [9.17, 15) is 4.79 Å². The molecule has 1 atom stereocenters. The van der Waals surface area contributed by atoms with E-state index >= 15 is 0 Å². The number of benzene rings is 1. The zero-order valence-electron chi connectivity index (χ0n) is 12.4. The number of amides is 1. The average Bonchev–Trinajstić information content (AvgIpc) is 2.45. The van der Waals surface area contributed by atoms with Gasteiger partial charge in [-0.3, -0.25) is 9.69 Å². The fraction of sp³-hybridized carbons (Fsp3) is 0.562. The number of ether oxygens (including phenoxy) is 1. The Kier molecular flexibility index (Phi) is 5.41. The molecule has 1 unspecified atom stereocenters. The van der Waals surface area contributed by atoms with E-state index < -0.39 is 0 Å². The third-order valence-electron chi connectivity index (χ3n) is 3.60. The maximum absolute atomic E-state index is 12.1. The van der Waals surface area contributed by atoms with Crippen LogP contribution in [0.2, 0.25) is 0 Å². The van der Waals surface area contributed by atoms with Crippen molar-refractivity contribution in [1.29, 1.82) is 0 Å². The minimum absolute atomic E-state index is 0.0759. The summed E-state index contributed by atoms with van der Waals surface area (Å²) in [6.45, 7) is 4.24. The molecular weight excluding hydrogens is 252 g/mol. The molecule has 110 valence electrons. The van der Waals surface area contributed by atoms with Gasteiger partial charge < -0.3 is 10.1 Å². The predicted molar refractivity (Wildman–Crippen MR) is 79.8 cm³/mol. The Morgan fingerprint density at radius 1 is 1.45 bits per heavy atom. The van der Waals surface area contributed by atoms with Gasteiger partial charge in [0.2, 0.25) is 5.91 Å². The molecule has 1 aromatic carbocycles. The van der Waals surface area contributed by atoms with Gasteiger partial charge in [0.15, 0.2) is 0 Å². The Labute approximate surface area is 121 Å². The fourth-order valence-corrected chi connectivity index (χ4v) is 2.48. The number of hydrogen-bond donors (Lipinski definition) is 1. The molecule has 1 N–H and O–H groups in total. The molecule has 1 aromatic rings. The van der Waals surface area contributed by atoms with Crippen LogP contribution in [-0.4, -0.2) is 37.6 Å². The first-order valence-electron chi connectivity index (χ1n) is 7.40. The Hall–Kier alpha value is -1.55. The number of likely N-dealkylation sites (N-methyl/N-ethyl adjacent to an activating group) is 1. The first kappa shape index (κ1) is 14.9. The summed E-state index contributed by atoms with van der Waals surface area (Å²) in [4.78, 5) is 14.2. The summed E-state index contributed by atoms with van der Waals surface area (Å²) in [5, 5.41) is 3.12. The van der Waals surface area contributed by atoms with Crippen LogP contribution in [0, 0.1) is 0 Å². The van der Waals surface area contributed by atoms with Gasteiger partial charge in [0.25, 0.3) is 0 Å². The van der Waals surface area contributed by atoms with Crippen molar-refractivity contribution in [2.75, 3.05) is 26.7 Å². The summed E-state index contributed by atoms with van der Waals surface area (Å²) in [5.74, 6) is 0.980.